The maximum atomic E-state index is 12.3. The van der Waals surface area contributed by atoms with Gasteiger partial charge in [-0.15, -0.1) is 0 Å². The quantitative estimate of drug-likeness (QED) is 0.891. The van der Waals surface area contributed by atoms with Crippen molar-refractivity contribution < 1.29 is 4.79 Å². The highest BCUT2D eigenvalue weighted by Gasteiger charge is 2.40. The van der Waals surface area contributed by atoms with Crippen LogP contribution in [0.25, 0.3) is 0 Å². The number of rotatable bonds is 3. The number of hydrogen-bond acceptors (Lipinski definition) is 2. The zero-order chi connectivity index (χ0) is 14.1. The fraction of sp³-hybridized carbons (Fsp3) is 0.462. The smallest absolute Gasteiger partial charge is 0.231 e. The van der Waals surface area contributed by atoms with E-state index in [4.69, 9.17) is 28.9 Å². The lowest BCUT2D eigenvalue weighted by Gasteiger charge is -2.36. The molecule has 100 valence electrons. The molecule has 0 aromatic heterocycles. The highest BCUT2D eigenvalue weighted by atomic mass is 35.5. The number of amides is 1. The van der Waals surface area contributed by atoms with Crippen molar-refractivity contribution in [3.63, 3.8) is 0 Å². The number of carbonyl (C=O) groups is 1. The van der Waals surface area contributed by atoms with Crippen molar-refractivity contribution in [1.29, 1.82) is 0 Å². The molecular formula is C13H18Cl2N2O. The molecule has 0 saturated heterocycles. The molecule has 0 spiro atoms. The maximum absolute atomic E-state index is 12.3. The minimum absolute atomic E-state index is 0.195. The first-order chi connectivity index (χ1) is 8.07. The summed E-state index contributed by atoms with van der Waals surface area (Å²) in [5.41, 5.74) is 5.12. The van der Waals surface area contributed by atoms with Crippen LogP contribution in [0.15, 0.2) is 18.2 Å². The molecule has 0 fully saturated rings. The second-order valence-electron chi connectivity index (χ2n) is 5.40. The molecule has 1 aromatic rings. The van der Waals surface area contributed by atoms with Gasteiger partial charge in [0, 0.05) is 5.54 Å². The zero-order valence-corrected chi connectivity index (χ0v) is 12.5. The van der Waals surface area contributed by atoms with Crippen LogP contribution in [-0.4, -0.2) is 11.4 Å². The number of nitrogens with one attached hydrogen (secondary N) is 1. The van der Waals surface area contributed by atoms with Gasteiger partial charge in [-0.3, -0.25) is 4.79 Å². The normalized spacial score (nSPS) is 12.4. The van der Waals surface area contributed by atoms with Crippen LogP contribution < -0.4 is 11.1 Å². The standard InChI is InChI=1S/C13H18Cl2N2O/c1-12(2,13(3,4)16)11(18)17-9-7-5-6-8(14)10(9)15/h5-7H,16H2,1-4H3,(H,17,18). The molecule has 3 N–H and O–H groups in total. The predicted molar refractivity (Wildman–Crippen MR) is 77.1 cm³/mol. The van der Waals surface area contributed by atoms with Crippen molar-refractivity contribution in [1.82, 2.24) is 0 Å². The van der Waals surface area contributed by atoms with Gasteiger partial charge in [0.25, 0.3) is 0 Å². The van der Waals surface area contributed by atoms with Gasteiger partial charge >= 0.3 is 0 Å². The van der Waals surface area contributed by atoms with Gasteiger partial charge in [0.1, 0.15) is 0 Å². The van der Waals surface area contributed by atoms with Crippen molar-refractivity contribution >= 4 is 34.8 Å². The second kappa shape index (κ2) is 5.08. The summed E-state index contributed by atoms with van der Waals surface area (Å²) in [5, 5.41) is 3.50. The Bertz CT molecular complexity index is 465. The summed E-state index contributed by atoms with van der Waals surface area (Å²) in [5.74, 6) is -0.195. The summed E-state index contributed by atoms with van der Waals surface area (Å²) in [4.78, 5) is 12.3. The van der Waals surface area contributed by atoms with Crippen LogP contribution in [0.4, 0.5) is 5.69 Å². The minimum atomic E-state index is -0.737. The lowest BCUT2D eigenvalue weighted by molar-refractivity contribution is -0.126. The van der Waals surface area contributed by atoms with Gasteiger partial charge in [-0.1, -0.05) is 29.3 Å². The second-order valence-corrected chi connectivity index (χ2v) is 6.19. The Morgan fingerprint density at radius 2 is 1.78 bits per heavy atom. The summed E-state index contributed by atoms with van der Waals surface area (Å²) >= 11 is 11.9. The Morgan fingerprint density at radius 3 is 2.28 bits per heavy atom. The molecule has 1 aromatic carbocycles. The van der Waals surface area contributed by atoms with E-state index in [-0.39, 0.29) is 5.91 Å². The average molecular weight is 289 g/mol. The van der Waals surface area contributed by atoms with Crippen LogP contribution in [0.5, 0.6) is 0 Å². The van der Waals surface area contributed by atoms with Gasteiger partial charge in [-0.05, 0) is 39.8 Å². The van der Waals surface area contributed by atoms with Crippen molar-refractivity contribution in [2.75, 3.05) is 5.32 Å². The molecule has 5 heteroatoms. The summed E-state index contributed by atoms with van der Waals surface area (Å²) in [6.07, 6.45) is 0. The summed E-state index contributed by atoms with van der Waals surface area (Å²) in [6, 6.07) is 5.09. The van der Waals surface area contributed by atoms with E-state index in [1.807, 2.05) is 13.8 Å². The molecule has 0 saturated carbocycles. The van der Waals surface area contributed by atoms with E-state index in [1.54, 1.807) is 32.0 Å². The number of carbonyl (C=O) groups excluding carboxylic acids is 1. The zero-order valence-electron chi connectivity index (χ0n) is 11.0. The van der Waals surface area contributed by atoms with E-state index >= 15 is 0 Å². The molecule has 0 aliphatic rings. The summed E-state index contributed by atoms with van der Waals surface area (Å²) in [6.45, 7) is 7.21. The van der Waals surface area contributed by atoms with Crippen LogP contribution >= 0.6 is 23.2 Å². The maximum Gasteiger partial charge on any atom is 0.231 e. The minimum Gasteiger partial charge on any atom is -0.325 e. The fourth-order valence-electron chi connectivity index (χ4n) is 1.17. The first-order valence-electron chi connectivity index (χ1n) is 5.61. The monoisotopic (exact) mass is 288 g/mol. The van der Waals surface area contributed by atoms with Gasteiger partial charge in [0.15, 0.2) is 0 Å². The van der Waals surface area contributed by atoms with E-state index in [2.05, 4.69) is 5.32 Å². The number of halogens is 2. The van der Waals surface area contributed by atoms with Crippen molar-refractivity contribution in [3.8, 4) is 0 Å². The van der Waals surface area contributed by atoms with Crippen LogP contribution in [0, 0.1) is 5.41 Å². The van der Waals surface area contributed by atoms with E-state index < -0.39 is 11.0 Å². The van der Waals surface area contributed by atoms with Crippen LogP contribution in [0.2, 0.25) is 10.0 Å². The van der Waals surface area contributed by atoms with Crippen LogP contribution in [-0.2, 0) is 4.79 Å². The number of anilines is 1. The Balaban J connectivity index is 2.99. The first-order valence-corrected chi connectivity index (χ1v) is 6.37. The molecule has 3 nitrogen and oxygen atoms in total. The lowest BCUT2D eigenvalue weighted by Crippen LogP contribution is -2.53. The van der Waals surface area contributed by atoms with Crippen molar-refractivity contribution in [2.45, 2.75) is 33.2 Å². The lowest BCUT2D eigenvalue weighted by atomic mass is 9.74. The molecule has 0 unspecified atom stereocenters. The topological polar surface area (TPSA) is 55.1 Å². The Hall–Kier alpha value is -0.770. The molecule has 1 rings (SSSR count). The Morgan fingerprint density at radius 1 is 1.22 bits per heavy atom. The van der Waals surface area contributed by atoms with Gasteiger partial charge in [-0.2, -0.15) is 0 Å². The number of benzene rings is 1. The van der Waals surface area contributed by atoms with Crippen LogP contribution in [0.1, 0.15) is 27.7 Å². The molecule has 0 aliphatic carbocycles. The van der Waals surface area contributed by atoms with E-state index in [0.717, 1.165) is 0 Å². The van der Waals surface area contributed by atoms with Gasteiger partial charge < -0.3 is 11.1 Å². The summed E-state index contributed by atoms with van der Waals surface area (Å²) in [7, 11) is 0. The largest absolute Gasteiger partial charge is 0.325 e. The summed E-state index contributed by atoms with van der Waals surface area (Å²) < 4.78 is 0. The highest BCUT2D eigenvalue weighted by molar-refractivity contribution is 6.44. The van der Waals surface area contributed by atoms with Gasteiger partial charge in [0.2, 0.25) is 5.91 Å². The van der Waals surface area contributed by atoms with Gasteiger partial charge in [0.05, 0.1) is 21.1 Å². The van der Waals surface area contributed by atoms with Crippen molar-refractivity contribution in [2.24, 2.45) is 11.1 Å². The third-order valence-electron chi connectivity index (χ3n) is 3.38. The number of nitrogens with two attached hydrogens (primary N) is 1. The molecule has 18 heavy (non-hydrogen) atoms. The Labute approximate surface area is 118 Å². The predicted octanol–water partition coefficient (Wildman–Crippen LogP) is 3.70. The fourth-order valence-corrected chi connectivity index (χ4v) is 1.52. The molecule has 0 bridgehead atoms. The van der Waals surface area contributed by atoms with Gasteiger partial charge in [-0.25, -0.2) is 0 Å². The highest BCUT2D eigenvalue weighted by Crippen LogP contribution is 2.33. The van der Waals surface area contributed by atoms with E-state index in [0.29, 0.717) is 15.7 Å². The molecule has 1 amide bonds. The van der Waals surface area contributed by atoms with Crippen LogP contribution in [0.3, 0.4) is 0 Å². The number of hydrogen-bond donors (Lipinski definition) is 2. The molecule has 0 radical (unpaired) electrons. The molecule has 0 heterocycles. The molecular weight excluding hydrogens is 271 g/mol. The van der Waals surface area contributed by atoms with E-state index in [9.17, 15) is 4.79 Å². The van der Waals surface area contributed by atoms with Crippen molar-refractivity contribution in [3.05, 3.63) is 28.2 Å². The average Bonchev–Trinajstić information content (AvgIpc) is 2.23. The molecule has 0 aliphatic heterocycles. The SMILES string of the molecule is CC(C)(N)C(C)(C)C(=O)Nc1cccc(Cl)c1Cl. The molecule has 0 atom stereocenters. The van der Waals surface area contributed by atoms with E-state index in [1.165, 1.54) is 0 Å². The third-order valence-corrected chi connectivity index (χ3v) is 4.20. The third kappa shape index (κ3) is 2.97. The Kier molecular flexibility index (Phi) is 4.31. The first kappa shape index (κ1) is 15.3.